The lowest BCUT2D eigenvalue weighted by atomic mass is 10.1. The van der Waals surface area contributed by atoms with Crippen molar-refractivity contribution in [3.63, 3.8) is 0 Å². The number of aromatic amines is 1. The molecular formula is C26H29N5O2. The fraction of sp³-hybridized carbons (Fsp3) is 0.346. The van der Waals surface area contributed by atoms with E-state index in [9.17, 15) is 9.59 Å². The van der Waals surface area contributed by atoms with Crippen molar-refractivity contribution < 1.29 is 4.79 Å². The maximum atomic E-state index is 13.0. The molecule has 33 heavy (non-hydrogen) atoms. The average molecular weight is 444 g/mol. The number of hydrogen-bond donors (Lipinski definition) is 1. The molecule has 0 atom stereocenters. The molecule has 1 amide bonds. The number of nitrogens with one attached hydrogen (secondary N) is 1. The van der Waals surface area contributed by atoms with E-state index in [0.717, 1.165) is 29.6 Å². The first-order valence-corrected chi connectivity index (χ1v) is 11.5. The third-order valence-electron chi connectivity index (χ3n) is 6.62. The second kappa shape index (κ2) is 8.39. The Morgan fingerprint density at radius 1 is 1.00 bits per heavy atom. The summed E-state index contributed by atoms with van der Waals surface area (Å²) in [5.74, 6) is 0.0783. The molecule has 7 heteroatoms. The van der Waals surface area contributed by atoms with Crippen molar-refractivity contribution in [2.45, 2.75) is 33.7 Å². The number of fused-ring (bicyclic) bond motifs is 3. The molecule has 0 unspecified atom stereocenters. The van der Waals surface area contributed by atoms with Gasteiger partial charge in [-0.2, -0.15) is 0 Å². The highest BCUT2D eigenvalue weighted by Gasteiger charge is 2.22. The van der Waals surface area contributed by atoms with E-state index in [1.54, 1.807) is 6.33 Å². The van der Waals surface area contributed by atoms with E-state index >= 15 is 0 Å². The van der Waals surface area contributed by atoms with Crippen molar-refractivity contribution in [3.05, 3.63) is 69.8 Å². The SMILES string of the molecule is Cc1ccc(N2CCN(C(=O)CCn3cnc4c([nH]c5ccc(C)cc54)c3=O)CC2)c(C)c1. The van der Waals surface area contributed by atoms with Gasteiger partial charge in [0.05, 0.1) is 6.33 Å². The maximum absolute atomic E-state index is 13.0. The lowest BCUT2D eigenvalue weighted by Gasteiger charge is -2.37. The number of nitrogens with zero attached hydrogens (tertiary/aromatic N) is 4. The first kappa shape index (κ1) is 21.2. The van der Waals surface area contributed by atoms with Crippen LogP contribution in [0.2, 0.25) is 0 Å². The smallest absolute Gasteiger partial charge is 0.277 e. The Morgan fingerprint density at radius 3 is 2.48 bits per heavy atom. The van der Waals surface area contributed by atoms with Crippen LogP contribution in [0.3, 0.4) is 0 Å². The van der Waals surface area contributed by atoms with Gasteiger partial charge < -0.3 is 14.8 Å². The molecule has 0 bridgehead atoms. The number of carbonyl (C=O) groups excluding carboxylic acids is 1. The van der Waals surface area contributed by atoms with Crippen LogP contribution in [0.25, 0.3) is 21.9 Å². The van der Waals surface area contributed by atoms with Gasteiger partial charge in [-0.05, 0) is 44.5 Å². The number of aryl methyl sites for hydroxylation is 4. The van der Waals surface area contributed by atoms with Crippen LogP contribution in [0.4, 0.5) is 5.69 Å². The Bertz CT molecular complexity index is 1410. The van der Waals surface area contributed by atoms with Gasteiger partial charge in [0, 0.05) is 55.7 Å². The van der Waals surface area contributed by atoms with Crippen molar-refractivity contribution in [2.75, 3.05) is 31.1 Å². The van der Waals surface area contributed by atoms with E-state index in [0.29, 0.717) is 30.7 Å². The minimum absolute atomic E-state index is 0.0783. The van der Waals surface area contributed by atoms with Gasteiger partial charge >= 0.3 is 0 Å². The van der Waals surface area contributed by atoms with Crippen molar-refractivity contribution in [1.82, 2.24) is 19.4 Å². The summed E-state index contributed by atoms with van der Waals surface area (Å²) in [6, 6.07) is 12.5. The summed E-state index contributed by atoms with van der Waals surface area (Å²) < 4.78 is 1.54. The van der Waals surface area contributed by atoms with Crippen molar-refractivity contribution in [2.24, 2.45) is 0 Å². The predicted molar refractivity (Wildman–Crippen MR) is 132 cm³/mol. The average Bonchev–Trinajstić information content (AvgIpc) is 3.17. The normalized spacial score (nSPS) is 14.4. The van der Waals surface area contributed by atoms with Crippen LogP contribution in [0, 0.1) is 20.8 Å². The maximum Gasteiger partial charge on any atom is 0.277 e. The molecule has 7 nitrogen and oxygen atoms in total. The molecule has 1 fully saturated rings. The zero-order chi connectivity index (χ0) is 23.1. The molecule has 1 aliphatic heterocycles. The summed E-state index contributed by atoms with van der Waals surface area (Å²) in [4.78, 5) is 37.8. The Hall–Kier alpha value is -3.61. The minimum atomic E-state index is -0.138. The highest BCUT2D eigenvalue weighted by Crippen LogP contribution is 2.23. The Morgan fingerprint density at radius 2 is 1.73 bits per heavy atom. The first-order chi connectivity index (χ1) is 15.9. The van der Waals surface area contributed by atoms with Gasteiger partial charge in [-0.25, -0.2) is 4.98 Å². The Kier molecular flexibility index (Phi) is 5.40. The molecule has 0 aliphatic carbocycles. The van der Waals surface area contributed by atoms with E-state index in [4.69, 9.17) is 0 Å². The van der Waals surface area contributed by atoms with E-state index in [-0.39, 0.29) is 17.9 Å². The lowest BCUT2D eigenvalue weighted by molar-refractivity contribution is -0.131. The number of rotatable bonds is 4. The van der Waals surface area contributed by atoms with E-state index in [1.807, 2.05) is 30.0 Å². The molecule has 2 aromatic heterocycles. The van der Waals surface area contributed by atoms with E-state index in [2.05, 4.69) is 46.9 Å². The second-order valence-electron chi connectivity index (χ2n) is 9.05. The fourth-order valence-electron chi connectivity index (χ4n) is 4.79. The minimum Gasteiger partial charge on any atom is -0.368 e. The van der Waals surface area contributed by atoms with Crippen LogP contribution in [0.1, 0.15) is 23.1 Å². The van der Waals surface area contributed by atoms with Crippen molar-refractivity contribution >= 4 is 33.5 Å². The number of amides is 1. The molecule has 0 radical (unpaired) electrons. The van der Waals surface area contributed by atoms with Crippen LogP contribution in [0.5, 0.6) is 0 Å². The molecule has 0 saturated carbocycles. The fourth-order valence-corrected chi connectivity index (χ4v) is 4.79. The summed E-state index contributed by atoms with van der Waals surface area (Å²) in [6.07, 6.45) is 1.85. The number of anilines is 1. The van der Waals surface area contributed by atoms with Gasteiger partial charge in [0.2, 0.25) is 5.91 Å². The van der Waals surface area contributed by atoms with Crippen LogP contribution < -0.4 is 10.5 Å². The number of H-pyrrole nitrogens is 1. The van der Waals surface area contributed by atoms with E-state index in [1.165, 1.54) is 21.4 Å². The first-order valence-electron chi connectivity index (χ1n) is 11.5. The van der Waals surface area contributed by atoms with Crippen LogP contribution in [-0.2, 0) is 11.3 Å². The Balaban J connectivity index is 1.24. The molecular weight excluding hydrogens is 414 g/mol. The molecule has 1 saturated heterocycles. The van der Waals surface area contributed by atoms with Crippen molar-refractivity contribution in [1.29, 1.82) is 0 Å². The summed E-state index contributed by atoms with van der Waals surface area (Å²) in [7, 11) is 0. The molecule has 1 aliphatic rings. The highest BCUT2D eigenvalue weighted by molar-refractivity contribution is 6.04. The van der Waals surface area contributed by atoms with E-state index < -0.39 is 0 Å². The van der Waals surface area contributed by atoms with Crippen LogP contribution in [0.15, 0.2) is 47.5 Å². The standard InChI is InChI=1S/C26H29N5O2/c1-17-5-7-22(19(3)14-17)29-10-12-30(13-11-29)23(32)8-9-31-16-27-24-20-15-18(2)4-6-21(20)28-25(24)26(31)33/h4-7,14-16,28H,8-13H2,1-3H3. The summed E-state index contributed by atoms with van der Waals surface area (Å²) >= 11 is 0. The number of piperazine rings is 1. The third-order valence-corrected chi connectivity index (χ3v) is 6.62. The molecule has 3 heterocycles. The monoisotopic (exact) mass is 443 g/mol. The summed E-state index contributed by atoms with van der Waals surface area (Å²) in [5.41, 5.74) is 6.83. The lowest BCUT2D eigenvalue weighted by Crippen LogP contribution is -2.49. The largest absolute Gasteiger partial charge is 0.368 e. The molecule has 1 N–H and O–H groups in total. The second-order valence-corrected chi connectivity index (χ2v) is 9.05. The molecule has 4 aromatic rings. The number of aromatic nitrogens is 3. The van der Waals surface area contributed by atoms with Gasteiger partial charge in [-0.1, -0.05) is 29.3 Å². The zero-order valence-electron chi connectivity index (χ0n) is 19.4. The number of carbonyl (C=O) groups is 1. The van der Waals surface area contributed by atoms with Crippen molar-refractivity contribution in [3.8, 4) is 0 Å². The van der Waals surface area contributed by atoms with Gasteiger partial charge in [-0.15, -0.1) is 0 Å². The van der Waals surface area contributed by atoms with Gasteiger partial charge in [0.15, 0.2) is 0 Å². The number of hydrogen-bond acceptors (Lipinski definition) is 4. The van der Waals surface area contributed by atoms with Crippen LogP contribution >= 0.6 is 0 Å². The molecule has 5 rings (SSSR count). The topological polar surface area (TPSA) is 74.2 Å². The van der Waals surface area contributed by atoms with Gasteiger partial charge in [0.1, 0.15) is 11.0 Å². The molecule has 2 aromatic carbocycles. The third kappa shape index (κ3) is 3.99. The quantitative estimate of drug-likeness (QED) is 0.524. The Labute approximate surface area is 192 Å². The number of benzene rings is 2. The molecule has 170 valence electrons. The zero-order valence-corrected chi connectivity index (χ0v) is 19.4. The summed E-state index contributed by atoms with van der Waals surface area (Å²) in [6.45, 7) is 9.61. The predicted octanol–water partition coefficient (Wildman–Crippen LogP) is 3.54. The van der Waals surface area contributed by atoms with Gasteiger partial charge in [-0.3, -0.25) is 14.2 Å². The van der Waals surface area contributed by atoms with Crippen LogP contribution in [-0.4, -0.2) is 51.5 Å². The molecule has 0 spiro atoms. The highest BCUT2D eigenvalue weighted by atomic mass is 16.2. The van der Waals surface area contributed by atoms with Gasteiger partial charge in [0.25, 0.3) is 5.56 Å². The summed E-state index contributed by atoms with van der Waals surface area (Å²) in [5, 5.41) is 0.951.